The van der Waals surface area contributed by atoms with E-state index in [4.69, 9.17) is 0 Å². The predicted octanol–water partition coefficient (Wildman–Crippen LogP) is 2.89. The van der Waals surface area contributed by atoms with Gasteiger partial charge >= 0.3 is 0 Å². The molecule has 0 aromatic carbocycles. The van der Waals surface area contributed by atoms with Crippen molar-refractivity contribution in [1.29, 1.82) is 0 Å². The Kier molecular flexibility index (Phi) is 4.87. The topological polar surface area (TPSA) is 15.3 Å². The number of likely N-dealkylation sites (tertiary alicyclic amines) is 1. The maximum Gasteiger partial charge on any atom is 0.00503 e. The molecule has 0 aromatic heterocycles. The standard InChI is InChI=1S/C15H30N2/c1-3-6-14(2)11-17-10-5-8-15(13-17)7-4-9-16-12-15/h14,16H,3-13H2,1-2H3. The van der Waals surface area contributed by atoms with E-state index >= 15 is 0 Å². The zero-order valence-electron chi connectivity index (χ0n) is 11.8. The van der Waals surface area contributed by atoms with Crippen LogP contribution < -0.4 is 5.32 Å². The molecule has 2 aliphatic heterocycles. The smallest absolute Gasteiger partial charge is 0.00503 e. The van der Waals surface area contributed by atoms with Crippen LogP contribution >= 0.6 is 0 Å². The molecule has 2 nitrogen and oxygen atoms in total. The van der Waals surface area contributed by atoms with Gasteiger partial charge in [-0.1, -0.05) is 20.3 Å². The van der Waals surface area contributed by atoms with E-state index in [2.05, 4.69) is 24.1 Å². The summed E-state index contributed by atoms with van der Waals surface area (Å²) in [5.41, 5.74) is 0.627. The third-order valence-electron chi connectivity index (χ3n) is 4.65. The second-order valence-corrected chi connectivity index (χ2v) is 6.51. The maximum absolute atomic E-state index is 3.62. The molecule has 0 aliphatic carbocycles. The average molecular weight is 238 g/mol. The number of nitrogens with one attached hydrogen (secondary N) is 1. The molecule has 0 saturated carbocycles. The Hall–Kier alpha value is -0.0800. The summed E-state index contributed by atoms with van der Waals surface area (Å²) in [6.07, 6.45) is 8.44. The van der Waals surface area contributed by atoms with E-state index in [0.29, 0.717) is 5.41 Å². The zero-order chi connectivity index (χ0) is 12.1. The van der Waals surface area contributed by atoms with Crippen LogP contribution in [0.3, 0.4) is 0 Å². The van der Waals surface area contributed by atoms with Gasteiger partial charge in [0.2, 0.25) is 0 Å². The molecule has 0 radical (unpaired) electrons. The molecule has 100 valence electrons. The lowest BCUT2D eigenvalue weighted by atomic mass is 9.74. The van der Waals surface area contributed by atoms with E-state index in [0.717, 1.165) is 5.92 Å². The van der Waals surface area contributed by atoms with Crippen molar-refractivity contribution in [3.05, 3.63) is 0 Å². The van der Waals surface area contributed by atoms with E-state index in [-0.39, 0.29) is 0 Å². The van der Waals surface area contributed by atoms with Crippen molar-refractivity contribution in [3.8, 4) is 0 Å². The van der Waals surface area contributed by atoms with Gasteiger partial charge in [0, 0.05) is 19.6 Å². The van der Waals surface area contributed by atoms with Crippen molar-refractivity contribution < 1.29 is 0 Å². The Morgan fingerprint density at radius 3 is 2.82 bits per heavy atom. The summed E-state index contributed by atoms with van der Waals surface area (Å²) in [7, 11) is 0. The fourth-order valence-electron chi connectivity index (χ4n) is 3.87. The highest BCUT2D eigenvalue weighted by Gasteiger charge is 2.36. The van der Waals surface area contributed by atoms with Crippen LogP contribution in [0.1, 0.15) is 52.4 Å². The van der Waals surface area contributed by atoms with E-state index in [9.17, 15) is 0 Å². The fourth-order valence-corrected chi connectivity index (χ4v) is 3.87. The van der Waals surface area contributed by atoms with Crippen molar-refractivity contribution in [2.24, 2.45) is 11.3 Å². The zero-order valence-corrected chi connectivity index (χ0v) is 11.8. The first-order valence-electron chi connectivity index (χ1n) is 7.67. The van der Waals surface area contributed by atoms with Gasteiger partial charge in [0.15, 0.2) is 0 Å². The Labute approximate surface area is 107 Å². The summed E-state index contributed by atoms with van der Waals surface area (Å²) in [4.78, 5) is 2.75. The third kappa shape index (κ3) is 3.69. The lowest BCUT2D eigenvalue weighted by Gasteiger charge is -2.46. The van der Waals surface area contributed by atoms with Crippen molar-refractivity contribution in [3.63, 3.8) is 0 Å². The van der Waals surface area contributed by atoms with E-state index in [1.165, 1.54) is 71.2 Å². The van der Waals surface area contributed by atoms with Crippen molar-refractivity contribution in [2.45, 2.75) is 52.4 Å². The Balaban J connectivity index is 1.83. The molecule has 1 N–H and O–H groups in total. The highest BCUT2D eigenvalue weighted by molar-refractivity contribution is 4.91. The molecule has 2 fully saturated rings. The SMILES string of the molecule is CCCC(C)CN1CCCC2(CCCNC2)C1. The van der Waals surface area contributed by atoms with Crippen molar-refractivity contribution in [1.82, 2.24) is 10.2 Å². The summed E-state index contributed by atoms with van der Waals surface area (Å²) in [6, 6.07) is 0. The van der Waals surface area contributed by atoms with Gasteiger partial charge in [-0.2, -0.15) is 0 Å². The molecule has 0 bridgehead atoms. The van der Waals surface area contributed by atoms with Crippen LogP contribution in [0.5, 0.6) is 0 Å². The average Bonchev–Trinajstić information content (AvgIpc) is 2.30. The third-order valence-corrected chi connectivity index (χ3v) is 4.65. The maximum atomic E-state index is 3.62. The van der Waals surface area contributed by atoms with Gasteiger partial charge in [-0.15, -0.1) is 0 Å². The van der Waals surface area contributed by atoms with Gasteiger partial charge in [0.25, 0.3) is 0 Å². The van der Waals surface area contributed by atoms with Gasteiger partial charge in [0.05, 0.1) is 0 Å². The molecule has 17 heavy (non-hydrogen) atoms. The number of piperidine rings is 2. The predicted molar refractivity (Wildman–Crippen MR) is 74.3 cm³/mol. The molecule has 2 heterocycles. The fraction of sp³-hybridized carbons (Fsp3) is 1.00. The molecule has 1 spiro atoms. The Morgan fingerprint density at radius 2 is 2.12 bits per heavy atom. The molecule has 0 aromatic rings. The van der Waals surface area contributed by atoms with E-state index < -0.39 is 0 Å². The quantitative estimate of drug-likeness (QED) is 0.810. The summed E-state index contributed by atoms with van der Waals surface area (Å²) >= 11 is 0. The van der Waals surface area contributed by atoms with Crippen LogP contribution in [0.15, 0.2) is 0 Å². The molecule has 0 amide bonds. The summed E-state index contributed by atoms with van der Waals surface area (Å²) in [6.45, 7) is 11.3. The molecule has 2 atom stereocenters. The minimum absolute atomic E-state index is 0.627. The number of hydrogen-bond donors (Lipinski definition) is 1. The van der Waals surface area contributed by atoms with Crippen LogP contribution in [0.2, 0.25) is 0 Å². The minimum Gasteiger partial charge on any atom is -0.316 e. The second kappa shape index (κ2) is 6.19. The van der Waals surface area contributed by atoms with Gasteiger partial charge in [0.1, 0.15) is 0 Å². The highest BCUT2D eigenvalue weighted by atomic mass is 15.1. The van der Waals surface area contributed by atoms with Crippen LogP contribution in [0, 0.1) is 11.3 Å². The van der Waals surface area contributed by atoms with Crippen molar-refractivity contribution >= 4 is 0 Å². The summed E-state index contributed by atoms with van der Waals surface area (Å²) < 4.78 is 0. The first-order chi connectivity index (χ1) is 8.24. The normalized spacial score (nSPS) is 32.8. The number of hydrogen-bond acceptors (Lipinski definition) is 2. The van der Waals surface area contributed by atoms with Crippen LogP contribution in [0.25, 0.3) is 0 Å². The van der Waals surface area contributed by atoms with Gasteiger partial charge in [-0.05, 0) is 56.5 Å². The van der Waals surface area contributed by atoms with E-state index in [1.54, 1.807) is 0 Å². The largest absolute Gasteiger partial charge is 0.316 e. The highest BCUT2D eigenvalue weighted by Crippen LogP contribution is 2.36. The van der Waals surface area contributed by atoms with Crippen LogP contribution in [0.4, 0.5) is 0 Å². The van der Waals surface area contributed by atoms with Gasteiger partial charge in [-0.3, -0.25) is 0 Å². The number of rotatable bonds is 4. The first kappa shape index (κ1) is 13.4. The van der Waals surface area contributed by atoms with Crippen LogP contribution in [-0.2, 0) is 0 Å². The van der Waals surface area contributed by atoms with Crippen LogP contribution in [-0.4, -0.2) is 37.6 Å². The number of nitrogens with zero attached hydrogens (tertiary/aromatic N) is 1. The van der Waals surface area contributed by atoms with Gasteiger partial charge < -0.3 is 10.2 Å². The molecular formula is C15H30N2. The lowest BCUT2D eigenvalue weighted by molar-refractivity contribution is 0.0555. The van der Waals surface area contributed by atoms with Crippen molar-refractivity contribution in [2.75, 3.05) is 32.7 Å². The van der Waals surface area contributed by atoms with E-state index in [1.807, 2.05) is 0 Å². The molecule has 2 heteroatoms. The Morgan fingerprint density at radius 1 is 1.29 bits per heavy atom. The first-order valence-corrected chi connectivity index (χ1v) is 7.67. The Bertz CT molecular complexity index is 215. The summed E-state index contributed by atoms with van der Waals surface area (Å²) in [5, 5.41) is 3.62. The molecule has 2 unspecified atom stereocenters. The molecular weight excluding hydrogens is 208 g/mol. The second-order valence-electron chi connectivity index (χ2n) is 6.51. The summed E-state index contributed by atoms with van der Waals surface area (Å²) in [5.74, 6) is 0.881. The molecule has 2 aliphatic rings. The molecule has 2 rings (SSSR count). The lowest BCUT2D eigenvalue weighted by Crippen LogP contribution is -2.51. The van der Waals surface area contributed by atoms with Gasteiger partial charge in [-0.25, -0.2) is 0 Å². The molecule has 2 saturated heterocycles. The minimum atomic E-state index is 0.627. The monoisotopic (exact) mass is 238 g/mol.